The highest BCUT2D eigenvalue weighted by molar-refractivity contribution is 7.80. The van der Waals surface area contributed by atoms with Gasteiger partial charge in [-0.05, 0) is 36.0 Å². The Bertz CT molecular complexity index is 751. The summed E-state index contributed by atoms with van der Waals surface area (Å²) in [5.41, 5.74) is 2.31. The average Bonchev–Trinajstić information content (AvgIpc) is 2.83. The summed E-state index contributed by atoms with van der Waals surface area (Å²) in [7, 11) is 0. The first-order valence-electron chi connectivity index (χ1n) is 6.89. The molecular formula is C18H14N2OS. The van der Waals surface area contributed by atoms with Crippen LogP contribution in [-0.2, 0) is 4.79 Å². The van der Waals surface area contributed by atoms with Gasteiger partial charge in [-0.2, -0.15) is 0 Å². The smallest absolute Gasteiger partial charge is 0.281 e. The number of thiocarbonyl (C=S) groups is 1. The zero-order valence-electron chi connectivity index (χ0n) is 11.8. The summed E-state index contributed by atoms with van der Waals surface area (Å²) in [5, 5.41) is 3.35. The molecule has 0 spiro atoms. The van der Waals surface area contributed by atoms with Gasteiger partial charge in [0.1, 0.15) is 5.70 Å². The van der Waals surface area contributed by atoms with Crippen molar-refractivity contribution in [2.75, 3.05) is 4.90 Å². The summed E-state index contributed by atoms with van der Waals surface area (Å²) in [4.78, 5) is 13.9. The largest absolute Gasteiger partial charge is 0.327 e. The van der Waals surface area contributed by atoms with Crippen LogP contribution in [0.5, 0.6) is 0 Å². The minimum Gasteiger partial charge on any atom is -0.327 e. The number of anilines is 1. The summed E-state index contributed by atoms with van der Waals surface area (Å²) >= 11 is 5.25. The Hall–Kier alpha value is -2.72. The minimum atomic E-state index is -0.145. The van der Waals surface area contributed by atoms with Crippen molar-refractivity contribution < 1.29 is 4.79 Å². The predicted molar refractivity (Wildman–Crippen MR) is 93.2 cm³/mol. The number of rotatable bonds is 3. The number of amides is 1. The van der Waals surface area contributed by atoms with Gasteiger partial charge in [-0.15, -0.1) is 0 Å². The Morgan fingerprint density at radius 2 is 1.59 bits per heavy atom. The molecular weight excluding hydrogens is 292 g/mol. The van der Waals surface area contributed by atoms with Crippen LogP contribution in [0.15, 0.2) is 78.5 Å². The van der Waals surface area contributed by atoms with Gasteiger partial charge >= 0.3 is 0 Å². The topological polar surface area (TPSA) is 32.3 Å². The Morgan fingerprint density at radius 1 is 0.955 bits per heavy atom. The van der Waals surface area contributed by atoms with Crippen LogP contribution in [0.1, 0.15) is 5.56 Å². The van der Waals surface area contributed by atoms with E-state index >= 15 is 0 Å². The molecule has 1 N–H and O–H groups in total. The molecule has 0 unspecified atom stereocenters. The van der Waals surface area contributed by atoms with Crippen molar-refractivity contribution in [1.29, 1.82) is 0 Å². The van der Waals surface area contributed by atoms with Crippen LogP contribution >= 0.6 is 12.2 Å². The van der Waals surface area contributed by atoms with E-state index in [4.69, 9.17) is 12.2 Å². The lowest BCUT2D eigenvalue weighted by Gasteiger charge is -2.13. The van der Waals surface area contributed by atoms with Crippen molar-refractivity contribution in [3.63, 3.8) is 0 Å². The fourth-order valence-electron chi connectivity index (χ4n) is 2.18. The first kappa shape index (κ1) is 14.2. The molecule has 1 aliphatic rings. The van der Waals surface area contributed by atoms with E-state index in [2.05, 4.69) is 5.32 Å². The highest BCUT2D eigenvalue weighted by atomic mass is 32.1. The maximum atomic E-state index is 12.4. The van der Waals surface area contributed by atoms with E-state index in [9.17, 15) is 4.79 Å². The normalized spacial score (nSPS) is 16.5. The molecule has 2 aromatic rings. The van der Waals surface area contributed by atoms with Crippen LogP contribution in [0.25, 0.3) is 6.08 Å². The summed E-state index contributed by atoms with van der Waals surface area (Å²) in [6, 6.07) is 19.3. The third-order valence-corrected chi connectivity index (χ3v) is 3.53. The van der Waals surface area contributed by atoms with Crippen LogP contribution < -0.4 is 10.2 Å². The molecule has 1 heterocycles. The molecule has 0 aliphatic carbocycles. The lowest BCUT2D eigenvalue weighted by Crippen LogP contribution is -2.30. The Labute approximate surface area is 134 Å². The zero-order valence-corrected chi connectivity index (χ0v) is 12.6. The molecule has 2 aromatic carbocycles. The molecule has 22 heavy (non-hydrogen) atoms. The van der Waals surface area contributed by atoms with E-state index in [0.717, 1.165) is 11.3 Å². The molecule has 0 aromatic heterocycles. The van der Waals surface area contributed by atoms with Crippen molar-refractivity contribution >= 4 is 35.0 Å². The third kappa shape index (κ3) is 2.97. The third-order valence-electron chi connectivity index (χ3n) is 3.24. The van der Waals surface area contributed by atoms with E-state index in [0.29, 0.717) is 10.8 Å². The van der Waals surface area contributed by atoms with Gasteiger partial charge in [0.05, 0.1) is 5.69 Å². The number of carbonyl (C=O) groups is 1. The predicted octanol–water partition coefficient (Wildman–Crippen LogP) is 3.51. The second-order valence-corrected chi connectivity index (χ2v) is 5.14. The van der Waals surface area contributed by atoms with Gasteiger partial charge in [-0.3, -0.25) is 9.69 Å². The average molecular weight is 306 g/mol. The molecule has 1 aliphatic heterocycles. The fraction of sp³-hybridized carbons (Fsp3) is 0. The number of para-hydroxylation sites is 1. The molecule has 1 saturated heterocycles. The number of allylic oxidation sites excluding steroid dienone is 2. The van der Waals surface area contributed by atoms with Gasteiger partial charge in [0.15, 0.2) is 5.11 Å². The summed E-state index contributed by atoms with van der Waals surface area (Å²) in [6.07, 6.45) is 5.52. The molecule has 108 valence electrons. The highest BCUT2D eigenvalue weighted by Gasteiger charge is 2.31. The van der Waals surface area contributed by atoms with Crippen molar-refractivity contribution in [2.45, 2.75) is 0 Å². The van der Waals surface area contributed by atoms with Gasteiger partial charge in [0.2, 0.25) is 0 Å². The highest BCUT2D eigenvalue weighted by Crippen LogP contribution is 2.20. The van der Waals surface area contributed by atoms with Gasteiger partial charge < -0.3 is 5.32 Å². The van der Waals surface area contributed by atoms with E-state index in [1.165, 1.54) is 4.90 Å². The van der Waals surface area contributed by atoms with Crippen LogP contribution in [0.4, 0.5) is 5.69 Å². The van der Waals surface area contributed by atoms with E-state index in [1.54, 1.807) is 6.08 Å². The summed E-state index contributed by atoms with van der Waals surface area (Å²) in [5.74, 6) is -0.145. The SMILES string of the molecule is O=C1/C(=C\C=C\c2ccccc2)NC(=S)N1c1ccccc1. The summed E-state index contributed by atoms with van der Waals surface area (Å²) in [6.45, 7) is 0. The van der Waals surface area contributed by atoms with Gasteiger partial charge in [0.25, 0.3) is 5.91 Å². The number of hydrogen-bond acceptors (Lipinski definition) is 2. The molecule has 0 saturated carbocycles. The van der Waals surface area contributed by atoms with Crippen LogP contribution in [0, 0.1) is 0 Å². The van der Waals surface area contributed by atoms with Crippen molar-refractivity contribution in [3.05, 3.63) is 84.1 Å². The summed E-state index contributed by atoms with van der Waals surface area (Å²) < 4.78 is 0. The molecule has 1 amide bonds. The Morgan fingerprint density at radius 3 is 2.27 bits per heavy atom. The maximum Gasteiger partial charge on any atom is 0.281 e. The number of nitrogens with one attached hydrogen (secondary N) is 1. The molecule has 1 fully saturated rings. The Balaban J connectivity index is 1.79. The molecule has 0 atom stereocenters. The minimum absolute atomic E-state index is 0.145. The first-order chi connectivity index (χ1) is 10.8. The van der Waals surface area contributed by atoms with E-state index in [-0.39, 0.29) is 5.91 Å². The quantitative estimate of drug-likeness (QED) is 0.696. The van der Waals surface area contributed by atoms with Crippen molar-refractivity contribution in [1.82, 2.24) is 5.32 Å². The van der Waals surface area contributed by atoms with Gasteiger partial charge in [0, 0.05) is 0 Å². The fourth-order valence-corrected chi connectivity index (χ4v) is 2.48. The molecule has 3 rings (SSSR count). The van der Waals surface area contributed by atoms with E-state index < -0.39 is 0 Å². The first-order valence-corrected chi connectivity index (χ1v) is 7.30. The van der Waals surface area contributed by atoms with Gasteiger partial charge in [-0.1, -0.05) is 60.7 Å². The molecule has 0 bridgehead atoms. The monoisotopic (exact) mass is 306 g/mol. The van der Waals surface area contributed by atoms with E-state index in [1.807, 2.05) is 72.8 Å². The van der Waals surface area contributed by atoms with Crippen molar-refractivity contribution in [3.8, 4) is 0 Å². The number of benzene rings is 2. The number of hydrogen-bond donors (Lipinski definition) is 1. The lowest BCUT2D eigenvalue weighted by atomic mass is 10.2. The van der Waals surface area contributed by atoms with Crippen molar-refractivity contribution in [2.24, 2.45) is 0 Å². The standard InChI is InChI=1S/C18H14N2OS/c21-17-16(13-7-10-14-8-3-1-4-9-14)19-18(22)20(17)15-11-5-2-6-12-15/h1-13H,(H,19,22)/b10-7+,16-13+. The maximum absolute atomic E-state index is 12.4. The molecule has 0 radical (unpaired) electrons. The Kier molecular flexibility index (Phi) is 4.12. The molecule has 3 nitrogen and oxygen atoms in total. The lowest BCUT2D eigenvalue weighted by molar-refractivity contribution is -0.113. The van der Waals surface area contributed by atoms with Crippen LogP contribution in [0.2, 0.25) is 0 Å². The van der Waals surface area contributed by atoms with Crippen LogP contribution in [0.3, 0.4) is 0 Å². The number of carbonyl (C=O) groups excluding carboxylic acids is 1. The second kappa shape index (κ2) is 6.37. The zero-order chi connectivity index (χ0) is 15.4. The van der Waals surface area contributed by atoms with Gasteiger partial charge in [-0.25, -0.2) is 0 Å². The molecule has 4 heteroatoms. The second-order valence-electron chi connectivity index (χ2n) is 4.76. The van der Waals surface area contributed by atoms with Crippen LogP contribution in [-0.4, -0.2) is 11.0 Å². The number of nitrogens with zero attached hydrogens (tertiary/aromatic N) is 1.